The van der Waals surface area contributed by atoms with Gasteiger partial charge in [0.2, 0.25) is 5.91 Å². The smallest absolute Gasteiger partial charge is 0.220 e. The third-order valence-electron chi connectivity index (χ3n) is 13.0. The van der Waals surface area contributed by atoms with E-state index in [0.29, 0.717) is 12.8 Å². The average Bonchev–Trinajstić information content (AvgIpc) is 3.23. The number of aliphatic hydroxyl groups is 3. The number of aliphatic hydroxyl groups excluding tert-OH is 3. The Morgan fingerprint density at radius 3 is 0.828 bits per heavy atom. The van der Waals surface area contributed by atoms with Gasteiger partial charge < -0.3 is 20.6 Å². The van der Waals surface area contributed by atoms with Crippen molar-refractivity contribution >= 4 is 5.91 Å². The fourth-order valence-electron chi connectivity index (χ4n) is 8.81. The predicted molar refractivity (Wildman–Crippen MR) is 255 cm³/mol. The molecule has 0 saturated heterocycles. The van der Waals surface area contributed by atoms with Gasteiger partial charge >= 0.3 is 0 Å². The minimum atomic E-state index is -1.13. The van der Waals surface area contributed by atoms with E-state index in [9.17, 15) is 20.1 Å². The summed E-state index contributed by atoms with van der Waals surface area (Å²) in [7, 11) is 0. The summed E-state index contributed by atoms with van der Waals surface area (Å²) in [5.41, 5.74) is 0. The first-order valence-corrected chi connectivity index (χ1v) is 26.8. The molecular formula is C53H107NO4. The van der Waals surface area contributed by atoms with E-state index in [2.05, 4.69) is 19.2 Å². The van der Waals surface area contributed by atoms with Crippen LogP contribution in [0, 0.1) is 0 Å². The van der Waals surface area contributed by atoms with Gasteiger partial charge in [-0.2, -0.15) is 0 Å². The summed E-state index contributed by atoms with van der Waals surface area (Å²) < 4.78 is 0. The lowest BCUT2D eigenvalue weighted by Gasteiger charge is -2.26. The van der Waals surface area contributed by atoms with Gasteiger partial charge in [-0.05, 0) is 12.8 Å². The molecule has 3 atom stereocenters. The van der Waals surface area contributed by atoms with Crippen LogP contribution in [0.15, 0.2) is 0 Å². The highest BCUT2D eigenvalue weighted by Crippen LogP contribution is 2.18. The van der Waals surface area contributed by atoms with Crippen molar-refractivity contribution in [3.63, 3.8) is 0 Å². The minimum Gasteiger partial charge on any atom is -0.394 e. The monoisotopic (exact) mass is 822 g/mol. The molecule has 0 radical (unpaired) electrons. The van der Waals surface area contributed by atoms with Gasteiger partial charge in [-0.25, -0.2) is 0 Å². The fraction of sp³-hybridized carbons (Fsp3) is 0.981. The summed E-state index contributed by atoms with van der Waals surface area (Å²) in [5, 5.41) is 33.7. The summed E-state index contributed by atoms with van der Waals surface area (Å²) in [5.74, 6) is -0.136. The second-order valence-corrected chi connectivity index (χ2v) is 18.8. The highest BCUT2D eigenvalue weighted by Gasteiger charge is 2.26. The van der Waals surface area contributed by atoms with Crippen molar-refractivity contribution in [3.8, 4) is 0 Å². The Morgan fingerprint density at radius 2 is 0.586 bits per heavy atom. The van der Waals surface area contributed by atoms with Gasteiger partial charge in [0.05, 0.1) is 18.8 Å². The van der Waals surface area contributed by atoms with Crippen LogP contribution < -0.4 is 5.32 Å². The molecule has 0 rings (SSSR count). The lowest BCUT2D eigenvalue weighted by Crippen LogP contribution is -2.50. The van der Waals surface area contributed by atoms with E-state index >= 15 is 0 Å². The first kappa shape index (κ1) is 57.3. The third-order valence-corrected chi connectivity index (χ3v) is 13.0. The van der Waals surface area contributed by atoms with Crippen LogP contribution in [0.5, 0.6) is 0 Å². The molecule has 0 saturated carbocycles. The Balaban J connectivity index is 3.50. The molecule has 348 valence electrons. The molecule has 4 N–H and O–H groups in total. The molecule has 0 spiro atoms. The van der Waals surface area contributed by atoms with E-state index < -0.39 is 18.2 Å². The zero-order valence-corrected chi connectivity index (χ0v) is 39.7. The van der Waals surface area contributed by atoms with Crippen molar-refractivity contribution in [2.75, 3.05) is 6.61 Å². The lowest BCUT2D eigenvalue weighted by molar-refractivity contribution is -0.124. The number of amides is 1. The summed E-state index contributed by atoms with van der Waals surface area (Å²) in [4.78, 5) is 12.5. The van der Waals surface area contributed by atoms with Gasteiger partial charge in [0.25, 0.3) is 0 Å². The van der Waals surface area contributed by atoms with E-state index in [-0.39, 0.29) is 12.5 Å². The Kier molecular flexibility index (Phi) is 48.5. The third kappa shape index (κ3) is 43.4. The maximum absolute atomic E-state index is 12.5. The largest absolute Gasteiger partial charge is 0.394 e. The average molecular weight is 822 g/mol. The second-order valence-electron chi connectivity index (χ2n) is 18.8. The minimum absolute atomic E-state index is 0.136. The van der Waals surface area contributed by atoms with Gasteiger partial charge in [-0.15, -0.1) is 0 Å². The topological polar surface area (TPSA) is 89.8 Å². The Bertz CT molecular complexity index is 777. The summed E-state index contributed by atoms with van der Waals surface area (Å²) in [6, 6.07) is -0.804. The number of unbranched alkanes of at least 4 members (excludes halogenated alkanes) is 42. The molecule has 0 aromatic carbocycles. The number of nitrogens with one attached hydrogen (secondary N) is 1. The fourth-order valence-corrected chi connectivity index (χ4v) is 8.81. The van der Waals surface area contributed by atoms with Crippen LogP contribution in [-0.2, 0) is 4.79 Å². The standard InChI is InChI=1S/C53H107NO4/c1-3-5-7-9-11-13-15-17-19-21-23-24-25-26-27-28-29-30-32-34-36-38-40-42-44-46-48-52(57)54-50(49-55)53(58)51(56)47-45-43-41-39-37-35-33-31-22-20-18-16-14-12-10-8-6-4-2/h50-51,53,55-56,58H,3-49H2,1-2H3,(H,54,57). The predicted octanol–water partition coefficient (Wildman–Crippen LogP) is 16.2. The van der Waals surface area contributed by atoms with Crippen molar-refractivity contribution < 1.29 is 20.1 Å². The molecule has 0 bridgehead atoms. The van der Waals surface area contributed by atoms with Crippen LogP contribution in [0.4, 0.5) is 0 Å². The number of hydrogen-bond donors (Lipinski definition) is 4. The number of carbonyl (C=O) groups is 1. The molecule has 0 aromatic heterocycles. The highest BCUT2D eigenvalue weighted by molar-refractivity contribution is 5.76. The van der Waals surface area contributed by atoms with Gasteiger partial charge in [0.1, 0.15) is 6.10 Å². The maximum atomic E-state index is 12.5. The molecule has 0 aliphatic carbocycles. The highest BCUT2D eigenvalue weighted by atomic mass is 16.3. The molecule has 0 aliphatic rings. The lowest BCUT2D eigenvalue weighted by atomic mass is 9.99. The van der Waals surface area contributed by atoms with Gasteiger partial charge in [-0.3, -0.25) is 4.79 Å². The van der Waals surface area contributed by atoms with E-state index in [0.717, 1.165) is 32.1 Å². The van der Waals surface area contributed by atoms with E-state index in [1.54, 1.807) is 0 Å². The maximum Gasteiger partial charge on any atom is 0.220 e. The van der Waals surface area contributed by atoms with E-state index in [4.69, 9.17) is 0 Å². The number of hydrogen-bond acceptors (Lipinski definition) is 4. The molecule has 5 heteroatoms. The molecule has 0 heterocycles. The molecule has 3 unspecified atom stereocenters. The Labute approximate surface area is 364 Å². The quantitative estimate of drug-likeness (QED) is 0.0460. The Hall–Kier alpha value is -0.650. The molecular weight excluding hydrogens is 715 g/mol. The first-order valence-electron chi connectivity index (χ1n) is 26.8. The van der Waals surface area contributed by atoms with Crippen molar-refractivity contribution in [3.05, 3.63) is 0 Å². The first-order chi connectivity index (χ1) is 28.6. The molecule has 0 aromatic rings. The molecule has 5 nitrogen and oxygen atoms in total. The van der Waals surface area contributed by atoms with Crippen molar-refractivity contribution in [1.82, 2.24) is 5.32 Å². The van der Waals surface area contributed by atoms with E-state index in [1.165, 1.54) is 250 Å². The summed E-state index contributed by atoms with van der Waals surface area (Å²) in [6.45, 7) is 4.22. The van der Waals surface area contributed by atoms with Gasteiger partial charge in [-0.1, -0.05) is 290 Å². The molecule has 58 heavy (non-hydrogen) atoms. The van der Waals surface area contributed by atoms with Crippen LogP contribution in [0.3, 0.4) is 0 Å². The van der Waals surface area contributed by atoms with Crippen LogP contribution in [0.2, 0.25) is 0 Å². The summed E-state index contributed by atoms with van der Waals surface area (Å²) >= 11 is 0. The summed E-state index contributed by atoms with van der Waals surface area (Å²) in [6.07, 6.45) is 58.2. The van der Waals surface area contributed by atoms with Gasteiger partial charge in [0, 0.05) is 6.42 Å². The van der Waals surface area contributed by atoms with E-state index in [1.807, 2.05) is 0 Å². The zero-order chi connectivity index (χ0) is 42.3. The van der Waals surface area contributed by atoms with Gasteiger partial charge in [0.15, 0.2) is 0 Å². The van der Waals surface area contributed by atoms with Crippen LogP contribution in [0.25, 0.3) is 0 Å². The van der Waals surface area contributed by atoms with Crippen LogP contribution >= 0.6 is 0 Å². The second kappa shape index (κ2) is 49.0. The van der Waals surface area contributed by atoms with Crippen LogP contribution in [0.1, 0.15) is 309 Å². The molecule has 1 amide bonds. The number of rotatable bonds is 50. The normalized spacial score (nSPS) is 13.3. The molecule has 0 aliphatic heterocycles. The van der Waals surface area contributed by atoms with Crippen molar-refractivity contribution in [1.29, 1.82) is 0 Å². The SMILES string of the molecule is CCCCCCCCCCCCCCCCCCCCCCCCCCCCC(=O)NC(CO)C(O)C(O)CCCCCCCCCCCCCCCCCCCC. The molecule has 0 fully saturated rings. The van der Waals surface area contributed by atoms with Crippen molar-refractivity contribution in [2.24, 2.45) is 0 Å². The van der Waals surface area contributed by atoms with Crippen molar-refractivity contribution in [2.45, 2.75) is 327 Å². The Morgan fingerprint density at radius 1 is 0.362 bits per heavy atom. The van der Waals surface area contributed by atoms with Crippen LogP contribution in [-0.4, -0.2) is 46.1 Å². The number of carbonyl (C=O) groups excluding carboxylic acids is 1. The zero-order valence-electron chi connectivity index (χ0n) is 39.7.